The molecule has 1 aromatic carbocycles. The molecule has 1 unspecified atom stereocenters. The van der Waals surface area contributed by atoms with Gasteiger partial charge < -0.3 is 10.1 Å². The number of aryl methyl sites for hydroxylation is 2. The number of benzene rings is 1. The first-order chi connectivity index (χ1) is 8.63. The molecule has 0 radical (unpaired) electrons. The summed E-state index contributed by atoms with van der Waals surface area (Å²) in [5, 5.41) is 3.37. The monoisotopic (exact) mass is 248 g/mol. The van der Waals surface area contributed by atoms with E-state index in [4.69, 9.17) is 4.74 Å². The van der Waals surface area contributed by atoms with E-state index in [0.29, 0.717) is 6.10 Å². The van der Waals surface area contributed by atoms with Crippen molar-refractivity contribution in [2.45, 2.75) is 26.5 Å². The second-order valence-electron chi connectivity index (χ2n) is 5.39. The van der Waals surface area contributed by atoms with Gasteiger partial charge in [-0.05, 0) is 26.5 Å². The number of nitrogens with one attached hydrogen (secondary N) is 1. The molecule has 1 saturated heterocycles. The lowest BCUT2D eigenvalue weighted by atomic mass is 10.1. The molecular formula is C15H24N2O. The highest BCUT2D eigenvalue weighted by Gasteiger charge is 2.15. The van der Waals surface area contributed by atoms with Crippen molar-refractivity contribution in [3.8, 4) is 0 Å². The number of hydrogen-bond donors (Lipinski definition) is 1. The summed E-state index contributed by atoms with van der Waals surface area (Å²) < 4.78 is 5.73. The summed E-state index contributed by atoms with van der Waals surface area (Å²) in [6, 6.07) is 6.75. The Morgan fingerprint density at radius 3 is 2.61 bits per heavy atom. The highest BCUT2D eigenvalue weighted by atomic mass is 16.5. The summed E-state index contributed by atoms with van der Waals surface area (Å²) in [6.07, 6.45) is 0.328. The molecule has 1 atom stereocenters. The van der Waals surface area contributed by atoms with Crippen molar-refractivity contribution in [2.24, 2.45) is 0 Å². The summed E-state index contributed by atoms with van der Waals surface area (Å²) in [5.41, 5.74) is 4.07. The Morgan fingerprint density at radius 2 is 2.00 bits per heavy atom. The van der Waals surface area contributed by atoms with Crippen LogP contribution in [0.3, 0.4) is 0 Å². The Bertz CT molecular complexity index is 366. The van der Waals surface area contributed by atoms with Crippen molar-refractivity contribution in [1.82, 2.24) is 10.2 Å². The second kappa shape index (κ2) is 6.32. The fourth-order valence-electron chi connectivity index (χ4n) is 2.62. The normalized spacial score (nSPS) is 20.3. The molecule has 3 nitrogen and oxygen atoms in total. The summed E-state index contributed by atoms with van der Waals surface area (Å²) >= 11 is 0. The average Bonchev–Trinajstić information content (AvgIpc) is 2.28. The van der Waals surface area contributed by atoms with Crippen LogP contribution < -0.4 is 5.32 Å². The molecule has 2 rings (SSSR count). The molecule has 3 heteroatoms. The lowest BCUT2D eigenvalue weighted by molar-refractivity contribution is 0.00884. The quantitative estimate of drug-likeness (QED) is 0.878. The Balaban J connectivity index is 1.87. The van der Waals surface area contributed by atoms with Gasteiger partial charge in [-0.15, -0.1) is 0 Å². The Hall–Kier alpha value is -0.900. The SMILES string of the molecule is Cc1cc(C)cc(CN(C)CC2CNCCO2)c1. The van der Waals surface area contributed by atoms with Gasteiger partial charge in [0.2, 0.25) is 0 Å². The van der Waals surface area contributed by atoms with E-state index in [1.165, 1.54) is 16.7 Å². The third-order valence-electron chi connectivity index (χ3n) is 3.25. The van der Waals surface area contributed by atoms with Gasteiger partial charge in [0.1, 0.15) is 0 Å². The van der Waals surface area contributed by atoms with Gasteiger partial charge in [0.25, 0.3) is 0 Å². The fraction of sp³-hybridized carbons (Fsp3) is 0.600. The first-order valence-corrected chi connectivity index (χ1v) is 6.71. The molecule has 0 saturated carbocycles. The Kier molecular flexibility index (Phi) is 4.75. The van der Waals surface area contributed by atoms with Crippen LogP contribution in [0.1, 0.15) is 16.7 Å². The molecular weight excluding hydrogens is 224 g/mol. The van der Waals surface area contributed by atoms with Gasteiger partial charge >= 0.3 is 0 Å². The number of morpholine rings is 1. The number of ether oxygens (including phenoxy) is 1. The first-order valence-electron chi connectivity index (χ1n) is 6.71. The molecule has 0 aromatic heterocycles. The van der Waals surface area contributed by atoms with Crippen LogP contribution >= 0.6 is 0 Å². The fourth-order valence-corrected chi connectivity index (χ4v) is 2.62. The molecule has 1 aliphatic rings. The van der Waals surface area contributed by atoms with Crippen molar-refractivity contribution in [3.05, 3.63) is 34.9 Å². The standard InChI is InChI=1S/C15H24N2O/c1-12-6-13(2)8-14(7-12)10-17(3)11-15-9-16-4-5-18-15/h6-8,15-16H,4-5,9-11H2,1-3H3. The van der Waals surface area contributed by atoms with E-state index in [0.717, 1.165) is 32.8 Å². The summed E-state index contributed by atoms with van der Waals surface area (Å²) in [4.78, 5) is 2.34. The molecule has 100 valence electrons. The van der Waals surface area contributed by atoms with Crippen molar-refractivity contribution in [2.75, 3.05) is 33.3 Å². The number of hydrogen-bond acceptors (Lipinski definition) is 3. The third-order valence-corrected chi connectivity index (χ3v) is 3.25. The predicted octanol–water partition coefficient (Wildman–Crippen LogP) is 1.72. The second-order valence-corrected chi connectivity index (χ2v) is 5.39. The largest absolute Gasteiger partial charge is 0.374 e. The summed E-state index contributed by atoms with van der Waals surface area (Å²) in [7, 11) is 2.16. The predicted molar refractivity (Wildman–Crippen MR) is 74.9 cm³/mol. The third kappa shape index (κ3) is 4.09. The first kappa shape index (κ1) is 13.5. The van der Waals surface area contributed by atoms with Crippen LogP contribution in [0.15, 0.2) is 18.2 Å². The molecule has 1 heterocycles. The van der Waals surface area contributed by atoms with Crippen molar-refractivity contribution < 1.29 is 4.74 Å². The highest BCUT2D eigenvalue weighted by Crippen LogP contribution is 2.11. The zero-order valence-corrected chi connectivity index (χ0v) is 11.7. The van der Waals surface area contributed by atoms with Gasteiger partial charge in [0.15, 0.2) is 0 Å². The van der Waals surface area contributed by atoms with E-state index in [-0.39, 0.29) is 0 Å². The lowest BCUT2D eigenvalue weighted by Gasteiger charge is -2.28. The number of nitrogens with zero attached hydrogens (tertiary/aromatic N) is 1. The van der Waals surface area contributed by atoms with Crippen molar-refractivity contribution in [3.63, 3.8) is 0 Å². The zero-order chi connectivity index (χ0) is 13.0. The molecule has 1 N–H and O–H groups in total. The van der Waals surface area contributed by atoms with Crippen LogP contribution in [0.25, 0.3) is 0 Å². The minimum absolute atomic E-state index is 0.328. The van der Waals surface area contributed by atoms with Crippen LogP contribution in [0.5, 0.6) is 0 Å². The van der Waals surface area contributed by atoms with Crippen LogP contribution in [-0.2, 0) is 11.3 Å². The maximum Gasteiger partial charge on any atom is 0.0826 e. The van der Waals surface area contributed by atoms with E-state index < -0.39 is 0 Å². The van der Waals surface area contributed by atoms with Gasteiger partial charge in [0, 0.05) is 26.2 Å². The van der Waals surface area contributed by atoms with Gasteiger partial charge in [-0.2, -0.15) is 0 Å². The van der Waals surface area contributed by atoms with E-state index >= 15 is 0 Å². The number of likely N-dealkylation sites (N-methyl/N-ethyl adjacent to an activating group) is 1. The Morgan fingerprint density at radius 1 is 1.28 bits per heavy atom. The zero-order valence-electron chi connectivity index (χ0n) is 11.7. The minimum Gasteiger partial charge on any atom is -0.374 e. The van der Waals surface area contributed by atoms with Crippen LogP contribution in [0, 0.1) is 13.8 Å². The van der Waals surface area contributed by atoms with Crippen molar-refractivity contribution >= 4 is 0 Å². The maximum atomic E-state index is 5.73. The van der Waals surface area contributed by atoms with E-state index in [1.807, 2.05) is 0 Å². The molecule has 1 aromatic rings. The Labute approximate surface area is 110 Å². The van der Waals surface area contributed by atoms with Crippen molar-refractivity contribution in [1.29, 1.82) is 0 Å². The van der Waals surface area contributed by atoms with Crippen LogP contribution in [0.2, 0.25) is 0 Å². The molecule has 0 bridgehead atoms. The molecule has 1 aliphatic heterocycles. The topological polar surface area (TPSA) is 24.5 Å². The maximum absolute atomic E-state index is 5.73. The molecule has 18 heavy (non-hydrogen) atoms. The molecule has 0 amide bonds. The van der Waals surface area contributed by atoms with Gasteiger partial charge in [-0.25, -0.2) is 0 Å². The lowest BCUT2D eigenvalue weighted by Crippen LogP contribution is -2.44. The van der Waals surface area contributed by atoms with E-state index in [1.54, 1.807) is 0 Å². The van der Waals surface area contributed by atoms with E-state index in [2.05, 4.69) is 49.3 Å². The van der Waals surface area contributed by atoms with Gasteiger partial charge in [-0.3, -0.25) is 4.90 Å². The molecule has 0 spiro atoms. The van der Waals surface area contributed by atoms with E-state index in [9.17, 15) is 0 Å². The van der Waals surface area contributed by atoms with Gasteiger partial charge in [0.05, 0.1) is 12.7 Å². The molecule has 0 aliphatic carbocycles. The average molecular weight is 248 g/mol. The van der Waals surface area contributed by atoms with Crippen LogP contribution in [-0.4, -0.2) is 44.3 Å². The number of rotatable bonds is 4. The smallest absolute Gasteiger partial charge is 0.0826 e. The highest BCUT2D eigenvalue weighted by molar-refractivity contribution is 5.28. The summed E-state index contributed by atoms with van der Waals surface area (Å²) in [6.45, 7) is 9.08. The molecule has 1 fully saturated rings. The van der Waals surface area contributed by atoms with Crippen LogP contribution in [0.4, 0.5) is 0 Å². The van der Waals surface area contributed by atoms with Gasteiger partial charge in [-0.1, -0.05) is 29.3 Å². The summed E-state index contributed by atoms with van der Waals surface area (Å²) in [5.74, 6) is 0. The minimum atomic E-state index is 0.328.